The molecule has 0 saturated carbocycles. The second kappa shape index (κ2) is 9.00. The Kier molecular flexibility index (Phi) is 6.64. The lowest BCUT2D eigenvalue weighted by Gasteiger charge is -2.21. The highest BCUT2D eigenvalue weighted by atomic mass is 35.5. The van der Waals surface area contributed by atoms with Crippen LogP contribution in [0.3, 0.4) is 0 Å². The molecule has 0 unspecified atom stereocenters. The van der Waals surface area contributed by atoms with E-state index in [2.05, 4.69) is 4.74 Å². The number of rotatable bonds is 7. The molecule has 0 N–H and O–H groups in total. The maximum atomic E-state index is 13.3. The van der Waals surface area contributed by atoms with Gasteiger partial charge in [-0.25, -0.2) is 13.2 Å². The Bertz CT molecular complexity index is 1110. The van der Waals surface area contributed by atoms with E-state index in [1.165, 1.54) is 41.7 Å². The predicted molar refractivity (Wildman–Crippen MR) is 109 cm³/mol. The van der Waals surface area contributed by atoms with E-state index in [9.17, 15) is 13.2 Å². The monoisotopic (exact) mass is 453 g/mol. The first-order valence-electron chi connectivity index (χ1n) is 8.47. The van der Waals surface area contributed by atoms with Gasteiger partial charge in [0.1, 0.15) is 5.76 Å². The molecular formula is C20H17Cl2NO5S. The molecule has 0 amide bonds. The quantitative estimate of drug-likeness (QED) is 0.481. The highest BCUT2D eigenvalue weighted by Crippen LogP contribution is 2.28. The number of ether oxygens (including phenoxy) is 1. The summed E-state index contributed by atoms with van der Waals surface area (Å²) in [5.74, 6) is -0.350. The van der Waals surface area contributed by atoms with E-state index in [0.717, 1.165) is 5.56 Å². The Morgan fingerprint density at radius 1 is 1.00 bits per heavy atom. The van der Waals surface area contributed by atoms with Gasteiger partial charge in [0.05, 0.1) is 28.6 Å². The van der Waals surface area contributed by atoms with Crippen LogP contribution in [0.4, 0.5) is 0 Å². The molecular weight excluding hydrogens is 437 g/mol. The molecule has 0 saturated heterocycles. The maximum absolute atomic E-state index is 13.3. The van der Waals surface area contributed by atoms with Crippen molar-refractivity contribution in [2.45, 2.75) is 18.0 Å². The fourth-order valence-electron chi connectivity index (χ4n) is 2.65. The zero-order valence-electron chi connectivity index (χ0n) is 15.3. The minimum Gasteiger partial charge on any atom is -0.463 e. The first kappa shape index (κ1) is 21.4. The van der Waals surface area contributed by atoms with Crippen LogP contribution in [0.5, 0.6) is 0 Å². The lowest BCUT2D eigenvalue weighted by molar-refractivity contribution is 0.0562. The molecule has 0 aliphatic rings. The number of halogens is 2. The number of benzene rings is 2. The topological polar surface area (TPSA) is 76.8 Å². The molecule has 0 radical (unpaired) electrons. The number of hydrogen-bond acceptors (Lipinski definition) is 5. The van der Waals surface area contributed by atoms with Crippen LogP contribution in [-0.2, 0) is 27.8 Å². The van der Waals surface area contributed by atoms with Crippen molar-refractivity contribution < 1.29 is 22.4 Å². The second-order valence-corrected chi connectivity index (χ2v) is 8.84. The largest absolute Gasteiger partial charge is 0.463 e. The summed E-state index contributed by atoms with van der Waals surface area (Å²) in [6.45, 7) is 0.00609. The first-order chi connectivity index (χ1) is 13.8. The van der Waals surface area contributed by atoms with E-state index in [4.69, 9.17) is 27.6 Å². The zero-order valence-corrected chi connectivity index (χ0v) is 17.7. The molecule has 2 aromatic carbocycles. The summed E-state index contributed by atoms with van der Waals surface area (Å²) in [4.78, 5) is 11.6. The lowest BCUT2D eigenvalue weighted by Crippen LogP contribution is -2.30. The van der Waals surface area contributed by atoms with Crippen LogP contribution in [-0.4, -0.2) is 25.8 Å². The van der Waals surface area contributed by atoms with Crippen LogP contribution < -0.4 is 0 Å². The summed E-state index contributed by atoms with van der Waals surface area (Å²) in [6, 6.07) is 16.2. The summed E-state index contributed by atoms with van der Waals surface area (Å²) in [5.41, 5.74) is 0.788. The molecule has 3 aromatic rings. The van der Waals surface area contributed by atoms with Crippen LogP contribution in [0.25, 0.3) is 0 Å². The Morgan fingerprint density at radius 3 is 2.38 bits per heavy atom. The van der Waals surface area contributed by atoms with Gasteiger partial charge < -0.3 is 9.15 Å². The Morgan fingerprint density at radius 2 is 1.72 bits per heavy atom. The van der Waals surface area contributed by atoms with Gasteiger partial charge in [0, 0.05) is 6.54 Å². The fourth-order valence-corrected chi connectivity index (χ4v) is 4.43. The average Bonchev–Trinajstić information content (AvgIpc) is 3.18. The van der Waals surface area contributed by atoms with Crippen LogP contribution in [0.15, 0.2) is 70.0 Å². The molecule has 0 aliphatic heterocycles. The van der Waals surface area contributed by atoms with Gasteiger partial charge in [0.2, 0.25) is 15.8 Å². The Hall–Kier alpha value is -2.32. The standard InChI is InChI=1S/C20H17Cl2NO5S/c1-27-20(24)19-10-7-15(28-19)13-23(12-14-5-3-2-4-6-14)29(25,26)16-8-9-17(21)18(22)11-16/h2-11H,12-13H2,1H3. The number of sulfonamides is 1. The van der Waals surface area contributed by atoms with Gasteiger partial charge in [0.25, 0.3) is 0 Å². The SMILES string of the molecule is COC(=O)c1ccc(CN(Cc2ccccc2)S(=O)(=O)c2ccc(Cl)c(Cl)c2)o1. The van der Waals surface area contributed by atoms with Gasteiger partial charge in [-0.2, -0.15) is 4.31 Å². The van der Waals surface area contributed by atoms with Crippen molar-refractivity contribution in [3.63, 3.8) is 0 Å². The fraction of sp³-hybridized carbons (Fsp3) is 0.150. The number of esters is 1. The minimum atomic E-state index is -3.94. The molecule has 1 heterocycles. The summed E-state index contributed by atoms with van der Waals surface area (Å²) in [7, 11) is -2.70. The summed E-state index contributed by atoms with van der Waals surface area (Å²) >= 11 is 11.9. The number of hydrogen-bond donors (Lipinski definition) is 0. The highest BCUT2D eigenvalue weighted by Gasteiger charge is 2.27. The Labute approximate surface area is 178 Å². The van der Waals surface area contributed by atoms with Gasteiger partial charge in [-0.05, 0) is 35.9 Å². The van der Waals surface area contributed by atoms with E-state index in [0.29, 0.717) is 5.76 Å². The molecule has 3 rings (SSSR count). The van der Waals surface area contributed by atoms with Gasteiger partial charge in [-0.3, -0.25) is 0 Å². The van der Waals surface area contributed by atoms with Crippen molar-refractivity contribution >= 4 is 39.2 Å². The van der Waals surface area contributed by atoms with Crippen LogP contribution >= 0.6 is 23.2 Å². The van der Waals surface area contributed by atoms with E-state index >= 15 is 0 Å². The van der Waals surface area contributed by atoms with Crippen molar-refractivity contribution in [1.29, 1.82) is 0 Å². The van der Waals surface area contributed by atoms with Crippen LogP contribution in [0.1, 0.15) is 21.9 Å². The van der Waals surface area contributed by atoms with Crippen molar-refractivity contribution in [2.24, 2.45) is 0 Å². The summed E-state index contributed by atoms with van der Waals surface area (Å²) in [6.07, 6.45) is 0. The molecule has 29 heavy (non-hydrogen) atoms. The Balaban J connectivity index is 1.96. The predicted octanol–water partition coefficient (Wildman–Crippen LogP) is 4.76. The van der Waals surface area contributed by atoms with Gasteiger partial charge in [-0.1, -0.05) is 53.5 Å². The molecule has 152 valence electrons. The summed E-state index contributed by atoms with van der Waals surface area (Å²) in [5, 5.41) is 0.396. The third kappa shape index (κ3) is 5.00. The molecule has 0 atom stereocenters. The van der Waals surface area contributed by atoms with E-state index in [1.54, 1.807) is 0 Å². The number of methoxy groups -OCH3 is 1. The van der Waals surface area contributed by atoms with Crippen molar-refractivity contribution in [3.8, 4) is 0 Å². The average molecular weight is 454 g/mol. The van der Waals surface area contributed by atoms with E-state index < -0.39 is 16.0 Å². The molecule has 1 aromatic heterocycles. The second-order valence-electron chi connectivity index (χ2n) is 6.09. The number of furan rings is 1. The number of carbonyl (C=O) groups excluding carboxylic acids is 1. The van der Waals surface area contributed by atoms with E-state index in [-0.39, 0.29) is 33.8 Å². The molecule has 0 spiro atoms. The normalized spacial score (nSPS) is 11.6. The molecule has 0 fully saturated rings. The molecule has 0 bridgehead atoms. The first-order valence-corrected chi connectivity index (χ1v) is 10.7. The van der Waals surface area contributed by atoms with Crippen molar-refractivity contribution in [1.82, 2.24) is 4.31 Å². The van der Waals surface area contributed by atoms with Crippen molar-refractivity contribution in [3.05, 3.63) is 87.8 Å². The lowest BCUT2D eigenvalue weighted by atomic mass is 10.2. The third-order valence-electron chi connectivity index (χ3n) is 4.11. The highest BCUT2D eigenvalue weighted by molar-refractivity contribution is 7.89. The summed E-state index contributed by atoms with van der Waals surface area (Å²) < 4.78 is 37.9. The molecule has 9 heteroatoms. The molecule has 0 aliphatic carbocycles. The van der Waals surface area contributed by atoms with Crippen LogP contribution in [0.2, 0.25) is 10.0 Å². The van der Waals surface area contributed by atoms with Gasteiger partial charge in [0.15, 0.2) is 0 Å². The van der Waals surface area contributed by atoms with Gasteiger partial charge in [-0.15, -0.1) is 0 Å². The van der Waals surface area contributed by atoms with E-state index in [1.807, 2.05) is 30.3 Å². The maximum Gasteiger partial charge on any atom is 0.373 e. The third-order valence-corrected chi connectivity index (χ3v) is 6.64. The minimum absolute atomic E-state index is 0.00239. The zero-order chi connectivity index (χ0) is 21.0. The van der Waals surface area contributed by atoms with Gasteiger partial charge >= 0.3 is 5.97 Å². The molecule has 6 nitrogen and oxygen atoms in total. The smallest absolute Gasteiger partial charge is 0.373 e. The van der Waals surface area contributed by atoms with Crippen molar-refractivity contribution in [2.75, 3.05) is 7.11 Å². The number of nitrogens with zero attached hydrogens (tertiary/aromatic N) is 1. The van der Waals surface area contributed by atoms with Crippen LogP contribution in [0, 0.1) is 0 Å². The number of carbonyl (C=O) groups is 1.